The van der Waals surface area contributed by atoms with Crippen molar-refractivity contribution in [1.29, 1.82) is 0 Å². The minimum absolute atomic E-state index is 0.00731. The van der Waals surface area contributed by atoms with E-state index in [1.54, 1.807) is 0 Å². The molecule has 116 valence electrons. The van der Waals surface area contributed by atoms with Gasteiger partial charge in [-0.3, -0.25) is 4.79 Å². The summed E-state index contributed by atoms with van der Waals surface area (Å²) in [5, 5.41) is 11.6. The number of carboxylic acid groups (broad SMARTS) is 1. The van der Waals surface area contributed by atoms with Gasteiger partial charge in [0, 0.05) is 10.5 Å². The number of halogens is 1. The molecule has 6 heteroatoms. The average molecular weight is 366 g/mol. The minimum atomic E-state index is -1.19. The Kier molecular flexibility index (Phi) is 5.38. The zero-order chi connectivity index (χ0) is 16.1. The molecule has 2 rings (SSSR count). The molecular formula is C16H16BrNO4. The summed E-state index contributed by atoms with van der Waals surface area (Å²) in [6.45, 7) is 1.90. The van der Waals surface area contributed by atoms with Crippen LogP contribution in [0.1, 0.15) is 40.0 Å². The summed E-state index contributed by atoms with van der Waals surface area (Å²) in [5.74, 6) is -1.83. The van der Waals surface area contributed by atoms with Crippen LogP contribution in [0.4, 0.5) is 0 Å². The summed E-state index contributed by atoms with van der Waals surface area (Å²) >= 11 is 3.39. The molecule has 0 fully saturated rings. The van der Waals surface area contributed by atoms with Crippen molar-refractivity contribution in [3.63, 3.8) is 0 Å². The monoisotopic (exact) mass is 365 g/mol. The van der Waals surface area contributed by atoms with Crippen LogP contribution in [0.3, 0.4) is 0 Å². The fourth-order valence-corrected chi connectivity index (χ4v) is 2.24. The summed E-state index contributed by atoms with van der Waals surface area (Å²) in [6, 6.07) is 10.6. The average Bonchev–Trinajstić information content (AvgIpc) is 2.97. The van der Waals surface area contributed by atoms with Crippen molar-refractivity contribution in [2.75, 3.05) is 0 Å². The standard InChI is InChI=1S/C16H16BrNO4/c1-10(2-3-11-4-6-12(17)7-5-11)18-15(19)13-8-9-14(22-13)16(20)21/h4-10H,2-3H2,1H3,(H,18,19)(H,20,21). The highest BCUT2D eigenvalue weighted by molar-refractivity contribution is 9.10. The predicted octanol–water partition coefficient (Wildman–Crippen LogP) is 3.49. The third kappa shape index (κ3) is 4.46. The van der Waals surface area contributed by atoms with E-state index < -0.39 is 11.9 Å². The normalized spacial score (nSPS) is 11.9. The lowest BCUT2D eigenvalue weighted by atomic mass is 10.1. The van der Waals surface area contributed by atoms with Gasteiger partial charge in [0.25, 0.3) is 5.91 Å². The number of carbonyl (C=O) groups excluding carboxylic acids is 1. The van der Waals surface area contributed by atoms with Crippen molar-refractivity contribution in [1.82, 2.24) is 5.32 Å². The number of aromatic carboxylic acids is 1. The van der Waals surface area contributed by atoms with Crippen molar-refractivity contribution < 1.29 is 19.1 Å². The Morgan fingerprint density at radius 1 is 1.18 bits per heavy atom. The number of benzene rings is 1. The van der Waals surface area contributed by atoms with E-state index in [-0.39, 0.29) is 17.6 Å². The van der Waals surface area contributed by atoms with Gasteiger partial charge in [0.2, 0.25) is 5.76 Å². The molecule has 0 spiro atoms. The van der Waals surface area contributed by atoms with E-state index in [1.165, 1.54) is 17.7 Å². The number of carbonyl (C=O) groups is 2. The topological polar surface area (TPSA) is 79.5 Å². The SMILES string of the molecule is CC(CCc1ccc(Br)cc1)NC(=O)c1ccc(C(=O)O)o1. The van der Waals surface area contributed by atoms with Crippen molar-refractivity contribution in [2.24, 2.45) is 0 Å². The van der Waals surface area contributed by atoms with Crippen LogP contribution in [-0.2, 0) is 6.42 Å². The molecule has 1 atom stereocenters. The fraction of sp³-hybridized carbons (Fsp3) is 0.250. The Bertz CT molecular complexity index is 663. The Labute approximate surface area is 136 Å². The van der Waals surface area contributed by atoms with Crippen LogP contribution in [0.5, 0.6) is 0 Å². The van der Waals surface area contributed by atoms with Crippen molar-refractivity contribution >= 4 is 27.8 Å². The zero-order valence-electron chi connectivity index (χ0n) is 12.0. The van der Waals surface area contributed by atoms with Gasteiger partial charge in [-0.25, -0.2) is 4.79 Å². The van der Waals surface area contributed by atoms with E-state index in [0.717, 1.165) is 17.3 Å². The number of nitrogens with one attached hydrogen (secondary N) is 1. The fourth-order valence-electron chi connectivity index (χ4n) is 1.98. The van der Waals surface area contributed by atoms with Crippen LogP contribution in [0.25, 0.3) is 0 Å². The molecule has 0 radical (unpaired) electrons. The second-order valence-electron chi connectivity index (χ2n) is 5.01. The Hall–Kier alpha value is -2.08. The zero-order valence-corrected chi connectivity index (χ0v) is 13.6. The van der Waals surface area contributed by atoms with Gasteiger partial charge in [0.1, 0.15) is 0 Å². The second-order valence-corrected chi connectivity index (χ2v) is 5.92. The smallest absolute Gasteiger partial charge is 0.371 e. The minimum Gasteiger partial charge on any atom is -0.475 e. The number of furan rings is 1. The van der Waals surface area contributed by atoms with Crippen molar-refractivity contribution in [2.45, 2.75) is 25.8 Å². The maximum atomic E-state index is 11.9. The van der Waals surface area contributed by atoms with Gasteiger partial charge in [-0.2, -0.15) is 0 Å². The molecule has 0 saturated heterocycles. The van der Waals surface area contributed by atoms with E-state index in [9.17, 15) is 9.59 Å². The lowest BCUT2D eigenvalue weighted by Crippen LogP contribution is -2.32. The van der Waals surface area contributed by atoms with Crippen LogP contribution in [0.2, 0.25) is 0 Å². The predicted molar refractivity (Wildman–Crippen MR) is 85.1 cm³/mol. The van der Waals surface area contributed by atoms with Gasteiger partial charge in [-0.1, -0.05) is 28.1 Å². The largest absolute Gasteiger partial charge is 0.475 e. The molecule has 1 aromatic heterocycles. The maximum absolute atomic E-state index is 11.9. The van der Waals surface area contributed by atoms with Gasteiger partial charge in [-0.05, 0) is 49.6 Å². The van der Waals surface area contributed by atoms with Gasteiger partial charge >= 0.3 is 5.97 Å². The Balaban J connectivity index is 1.85. The van der Waals surface area contributed by atoms with E-state index in [0.29, 0.717) is 0 Å². The van der Waals surface area contributed by atoms with Crippen LogP contribution in [-0.4, -0.2) is 23.0 Å². The molecule has 1 aromatic carbocycles. The first-order chi connectivity index (χ1) is 10.5. The number of carboxylic acids is 1. The first-order valence-corrected chi connectivity index (χ1v) is 7.63. The van der Waals surface area contributed by atoms with E-state index in [2.05, 4.69) is 21.2 Å². The summed E-state index contributed by atoms with van der Waals surface area (Å²) in [5.41, 5.74) is 1.19. The molecule has 2 aromatic rings. The van der Waals surface area contributed by atoms with E-state index in [4.69, 9.17) is 9.52 Å². The molecule has 0 aliphatic carbocycles. The first-order valence-electron chi connectivity index (χ1n) is 6.84. The molecule has 1 heterocycles. The third-order valence-electron chi connectivity index (χ3n) is 3.20. The molecule has 0 aliphatic rings. The van der Waals surface area contributed by atoms with E-state index in [1.807, 2.05) is 31.2 Å². The van der Waals surface area contributed by atoms with Crippen molar-refractivity contribution in [3.05, 3.63) is 58.0 Å². The highest BCUT2D eigenvalue weighted by Gasteiger charge is 2.16. The van der Waals surface area contributed by atoms with Crippen LogP contribution < -0.4 is 5.32 Å². The lowest BCUT2D eigenvalue weighted by molar-refractivity contribution is 0.0659. The molecule has 1 amide bonds. The number of amides is 1. The molecule has 0 bridgehead atoms. The second kappa shape index (κ2) is 7.26. The summed E-state index contributed by atoms with van der Waals surface area (Å²) in [4.78, 5) is 22.7. The highest BCUT2D eigenvalue weighted by Crippen LogP contribution is 2.13. The van der Waals surface area contributed by atoms with Gasteiger partial charge < -0.3 is 14.8 Å². The van der Waals surface area contributed by atoms with Crippen molar-refractivity contribution in [3.8, 4) is 0 Å². The third-order valence-corrected chi connectivity index (χ3v) is 3.73. The first kappa shape index (κ1) is 16.3. The summed E-state index contributed by atoms with van der Waals surface area (Å²) in [6.07, 6.45) is 1.62. The molecular weight excluding hydrogens is 350 g/mol. The molecule has 5 nitrogen and oxygen atoms in total. The van der Waals surface area contributed by atoms with Gasteiger partial charge in [-0.15, -0.1) is 0 Å². The van der Waals surface area contributed by atoms with E-state index >= 15 is 0 Å². The Morgan fingerprint density at radius 2 is 1.82 bits per heavy atom. The van der Waals surface area contributed by atoms with Crippen LogP contribution in [0.15, 0.2) is 45.3 Å². The van der Waals surface area contributed by atoms with Gasteiger partial charge in [0.15, 0.2) is 5.76 Å². The van der Waals surface area contributed by atoms with Crippen LogP contribution >= 0.6 is 15.9 Å². The number of hydrogen-bond donors (Lipinski definition) is 2. The van der Waals surface area contributed by atoms with Crippen LogP contribution in [0, 0.1) is 0 Å². The molecule has 0 saturated carbocycles. The number of aryl methyl sites for hydroxylation is 1. The Morgan fingerprint density at radius 3 is 2.41 bits per heavy atom. The highest BCUT2D eigenvalue weighted by atomic mass is 79.9. The molecule has 22 heavy (non-hydrogen) atoms. The number of hydrogen-bond acceptors (Lipinski definition) is 3. The summed E-state index contributed by atoms with van der Waals surface area (Å²) < 4.78 is 6.00. The summed E-state index contributed by atoms with van der Waals surface area (Å²) in [7, 11) is 0. The molecule has 0 aliphatic heterocycles. The lowest BCUT2D eigenvalue weighted by Gasteiger charge is -2.12. The van der Waals surface area contributed by atoms with Gasteiger partial charge in [0.05, 0.1) is 0 Å². The quantitative estimate of drug-likeness (QED) is 0.820. The number of rotatable bonds is 6. The molecule has 2 N–H and O–H groups in total. The molecule has 1 unspecified atom stereocenters. The maximum Gasteiger partial charge on any atom is 0.371 e.